The Balaban J connectivity index is 1.83. The number of carbonyl (C=O) groups is 1. The molecule has 3 heterocycles. The molecule has 4 aromatic rings. The van der Waals surface area contributed by atoms with Gasteiger partial charge in [-0.15, -0.1) is 0 Å². The van der Waals surface area contributed by atoms with E-state index in [1.165, 1.54) is 13.3 Å². The maximum Gasteiger partial charge on any atom is 0.267 e. The molecule has 40 heavy (non-hydrogen) atoms. The van der Waals surface area contributed by atoms with E-state index in [9.17, 15) is 9.59 Å². The van der Waals surface area contributed by atoms with Crippen LogP contribution in [0.15, 0.2) is 65.7 Å². The van der Waals surface area contributed by atoms with Crippen LogP contribution in [-0.4, -0.2) is 30.3 Å². The minimum Gasteiger partial charge on any atom is -0.382 e. The maximum atomic E-state index is 13.8. The van der Waals surface area contributed by atoms with Crippen LogP contribution >= 0.6 is 11.6 Å². The number of allylic oxidation sites excluding steroid dienone is 4. The highest BCUT2D eigenvalue weighted by molar-refractivity contribution is 6.35. The van der Waals surface area contributed by atoms with Gasteiger partial charge < -0.3 is 11.1 Å². The van der Waals surface area contributed by atoms with Gasteiger partial charge in [0.15, 0.2) is 5.78 Å². The zero-order valence-electron chi connectivity index (χ0n) is 22.6. The normalized spacial score (nSPS) is 12.3. The van der Waals surface area contributed by atoms with Crippen LogP contribution in [0.3, 0.4) is 0 Å². The molecule has 0 aliphatic rings. The Morgan fingerprint density at radius 1 is 1.18 bits per heavy atom. The first kappa shape index (κ1) is 28.2. The Labute approximate surface area is 236 Å². The molecule has 0 saturated heterocycles. The summed E-state index contributed by atoms with van der Waals surface area (Å²) in [6, 6.07) is 9.71. The summed E-state index contributed by atoms with van der Waals surface area (Å²) in [5.41, 5.74) is 8.21. The molecule has 1 unspecified atom stereocenters. The number of aromatic nitrogens is 5. The van der Waals surface area contributed by atoms with Gasteiger partial charge in [-0.1, -0.05) is 48.7 Å². The van der Waals surface area contributed by atoms with E-state index in [0.717, 1.165) is 5.70 Å². The molecule has 3 aromatic heterocycles. The van der Waals surface area contributed by atoms with Gasteiger partial charge in [-0.3, -0.25) is 14.2 Å². The van der Waals surface area contributed by atoms with E-state index in [1.54, 1.807) is 41.0 Å². The monoisotopic (exact) mass is 553 g/mol. The third-order valence-corrected chi connectivity index (χ3v) is 6.36. The van der Waals surface area contributed by atoms with E-state index in [-0.39, 0.29) is 17.2 Å². The Bertz CT molecular complexity index is 1780. The molecule has 0 spiro atoms. The summed E-state index contributed by atoms with van der Waals surface area (Å²) >= 11 is 6.43. The Morgan fingerprint density at radius 2 is 1.95 bits per heavy atom. The van der Waals surface area contributed by atoms with Crippen LogP contribution in [0.25, 0.3) is 16.6 Å². The molecule has 9 nitrogen and oxygen atoms in total. The summed E-state index contributed by atoms with van der Waals surface area (Å²) in [5, 5.41) is 3.99. The number of benzene rings is 1. The summed E-state index contributed by atoms with van der Waals surface area (Å²) in [6.45, 7) is 7.18. The van der Waals surface area contributed by atoms with E-state index in [4.69, 9.17) is 22.3 Å². The molecular weight excluding hydrogens is 526 g/mol. The van der Waals surface area contributed by atoms with E-state index < -0.39 is 6.04 Å². The van der Waals surface area contributed by atoms with Gasteiger partial charge in [-0.05, 0) is 56.5 Å². The van der Waals surface area contributed by atoms with Gasteiger partial charge in [0, 0.05) is 12.6 Å². The third kappa shape index (κ3) is 5.92. The molecule has 0 aliphatic heterocycles. The number of rotatable bonds is 7. The van der Waals surface area contributed by atoms with Gasteiger partial charge in [0.25, 0.3) is 5.56 Å². The van der Waals surface area contributed by atoms with Gasteiger partial charge in [0.05, 0.1) is 22.0 Å². The number of pyridine rings is 1. The predicted molar refractivity (Wildman–Crippen MR) is 159 cm³/mol. The molecular formula is C30H28ClN7O2. The van der Waals surface area contributed by atoms with Gasteiger partial charge in [-0.25, -0.2) is 19.9 Å². The summed E-state index contributed by atoms with van der Waals surface area (Å²) in [6.07, 6.45) is 7.54. The van der Waals surface area contributed by atoms with Crippen LogP contribution < -0.4 is 16.6 Å². The highest BCUT2D eigenvalue weighted by atomic mass is 35.5. The molecule has 0 amide bonds. The van der Waals surface area contributed by atoms with E-state index in [2.05, 4.69) is 32.1 Å². The molecule has 0 radical (unpaired) electrons. The predicted octanol–water partition coefficient (Wildman–Crippen LogP) is 5.42. The Kier molecular flexibility index (Phi) is 8.72. The first-order valence-electron chi connectivity index (χ1n) is 12.7. The lowest BCUT2D eigenvalue weighted by atomic mass is 10.1. The average molecular weight is 554 g/mol. The fourth-order valence-corrected chi connectivity index (χ4v) is 4.31. The smallest absolute Gasteiger partial charge is 0.267 e. The van der Waals surface area contributed by atoms with Crippen molar-refractivity contribution in [2.75, 3.05) is 11.1 Å². The van der Waals surface area contributed by atoms with Crippen molar-refractivity contribution in [2.45, 2.75) is 40.2 Å². The first-order chi connectivity index (χ1) is 19.2. The van der Waals surface area contributed by atoms with Crippen molar-refractivity contribution >= 4 is 45.6 Å². The molecule has 10 heteroatoms. The van der Waals surface area contributed by atoms with Crippen molar-refractivity contribution in [3.63, 3.8) is 0 Å². The third-order valence-electron chi connectivity index (χ3n) is 6.05. The highest BCUT2D eigenvalue weighted by Crippen LogP contribution is 2.26. The number of nitrogens with zero attached hydrogens (tertiary/aromatic N) is 5. The van der Waals surface area contributed by atoms with Crippen molar-refractivity contribution < 1.29 is 4.79 Å². The van der Waals surface area contributed by atoms with Gasteiger partial charge >= 0.3 is 0 Å². The largest absolute Gasteiger partial charge is 0.382 e. The summed E-state index contributed by atoms with van der Waals surface area (Å²) < 4.78 is 1.58. The van der Waals surface area contributed by atoms with Crippen LogP contribution in [0.2, 0.25) is 5.02 Å². The molecule has 0 aliphatic carbocycles. The molecule has 4 rings (SSSR count). The lowest BCUT2D eigenvalue weighted by Crippen LogP contribution is -2.28. The maximum absolute atomic E-state index is 13.8. The number of nitrogens with two attached hydrogens (primary N) is 1. The minimum atomic E-state index is -0.509. The van der Waals surface area contributed by atoms with E-state index in [0.29, 0.717) is 50.9 Å². The molecule has 1 atom stereocenters. The Morgan fingerprint density at radius 3 is 2.67 bits per heavy atom. The number of Topliss-reactive ketones (excluding diaryl/α,β-unsaturated/α-hetero) is 1. The number of nitrogens with one attached hydrogen (secondary N) is 1. The number of anilines is 2. The number of fused-ring (bicyclic) bond motifs is 1. The van der Waals surface area contributed by atoms with E-state index >= 15 is 0 Å². The van der Waals surface area contributed by atoms with Crippen LogP contribution in [0, 0.1) is 11.8 Å². The second-order valence-electron chi connectivity index (χ2n) is 8.84. The first-order valence-corrected chi connectivity index (χ1v) is 13.0. The standard InChI is InChI=1S/C30H28ClN7O2/c1-5-7-11-21(6-2)38-29(37-25-14-9-12-23(31)26(25)30(38)40)18(3)35-28-22(27(32)33-17-34-28)16-15-20-10-8-13-24(36-20)19(4)39/h5,7-14,17-18H,6H2,1-4H3,(H3,32,33,34,35)/b7-5-,21-11+. The van der Waals surface area contributed by atoms with Crippen LogP contribution in [-0.2, 0) is 0 Å². The number of carbonyl (C=O) groups excluding carboxylic acids is 1. The number of hydrogen-bond donors (Lipinski definition) is 2. The van der Waals surface area contributed by atoms with Crippen molar-refractivity contribution in [2.24, 2.45) is 0 Å². The van der Waals surface area contributed by atoms with Crippen molar-refractivity contribution in [1.29, 1.82) is 0 Å². The SMILES string of the molecule is C/C=C\C=C(/CC)n1c(C(C)Nc2ncnc(N)c2C#Cc2cccc(C(C)=O)n2)nc2cccc(Cl)c2c1=O. The van der Waals surface area contributed by atoms with E-state index in [1.807, 2.05) is 39.0 Å². The quantitative estimate of drug-likeness (QED) is 0.176. The number of halogens is 1. The van der Waals surface area contributed by atoms with Crippen LogP contribution in [0.4, 0.5) is 11.6 Å². The molecule has 0 saturated carbocycles. The van der Waals surface area contributed by atoms with Crippen molar-refractivity contribution in [3.8, 4) is 11.8 Å². The second kappa shape index (κ2) is 12.4. The van der Waals surface area contributed by atoms with Gasteiger partial charge in [0.1, 0.15) is 40.7 Å². The van der Waals surface area contributed by atoms with Gasteiger partial charge in [-0.2, -0.15) is 0 Å². The summed E-state index contributed by atoms with van der Waals surface area (Å²) in [7, 11) is 0. The molecule has 202 valence electrons. The zero-order valence-corrected chi connectivity index (χ0v) is 23.3. The number of nitrogen functional groups attached to an aromatic ring is 1. The highest BCUT2D eigenvalue weighted by Gasteiger charge is 2.21. The number of ketones is 1. The topological polar surface area (TPSA) is 129 Å². The van der Waals surface area contributed by atoms with Crippen LogP contribution in [0.5, 0.6) is 0 Å². The molecule has 1 aromatic carbocycles. The molecule has 3 N–H and O–H groups in total. The van der Waals surface area contributed by atoms with Crippen LogP contribution in [0.1, 0.15) is 67.7 Å². The zero-order chi connectivity index (χ0) is 28.8. The Hall–Kier alpha value is -4.81. The lowest BCUT2D eigenvalue weighted by molar-refractivity contribution is 0.101. The molecule has 0 fully saturated rings. The van der Waals surface area contributed by atoms with Gasteiger partial charge in [0.2, 0.25) is 0 Å². The summed E-state index contributed by atoms with van der Waals surface area (Å²) in [4.78, 5) is 43.1. The molecule has 0 bridgehead atoms. The lowest BCUT2D eigenvalue weighted by Gasteiger charge is -2.22. The number of hydrogen-bond acceptors (Lipinski definition) is 8. The van der Waals surface area contributed by atoms with Crippen molar-refractivity contribution in [1.82, 2.24) is 24.5 Å². The second-order valence-corrected chi connectivity index (χ2v) is 9.25. The fourth-order valence-electron chi connectivity index (χ4n) is 4.06. The minimum absolute atomic E-state index is 0.160. The average Bonchev–Trinajstić information content (AvgIpc) is 2.94. The van der Waals surface area contributed by atoms with Crippen molar-refractivity contribution in [3.05, 3.63) is 99.1 Å². The fraction of sp³-hybridized carbons (Fsp3) is 0.200. The summed E-state index contributed by atoms with van der Waals surface area (Å²) in [5.74, 6) is 6.75.